The molecule has 0 amide bonds. The molecule has 0 unspecified atom stereocenters. The Balaban J connectivity index is 2.50. The van der Waals surface area contributed by atoms with Crippen LogP contribution in [0.2, 0.25) is 0 Å². The van der Waals surface area contributed by atoms with Gasteiger partial charge in [0.2, 0.25) is 5.52 Å². The topological polar surface area (TPSA) is 70.3 Å². The van der Waals surface area contributed by atoms with Crippen molar-refractivity contribution < 1.29 is 19.3 Å². The molecule has 0 spiro atoms. The second-order valence-corrected chi connectivity index (χ2v) is 7.86. The summed E-state index contributed by atoms with van der Waals surface area (Å²) < 4.78 is 2.30. The number of carboxylic acid groups (broad SMARTS) is 1. The molecule has 2 rings (SSSR count). The van der Waals surface area contributed by atoms with Gasteiger partial charge in [0.05, 0.1) is 16.6 Å². The number of aromatic nitrogens is 1. The minimum atomic E-state index is -1.07. The van der Waals surface area contributed by atoms with Gasteiger partial charge >= 0.3 is 5.97 Å². The van der Waals surface area contributed by atoms with Crippen LogP contribution in [0.5, 0.6) is 0 Å². The number of unbranched alkanes of at least 4 members (excludes halogenated alkanes) is 1. The highest BCUT2D eigenvalue weighted by Crippen LogP contribution is 2.27. The third-order valence-electron chi connectivity index (χ3n) is 5.24. The number of carboxylic acids is 1. The zero-order valence-corrected chi connectivity index (χ0v) is 17.7. The van der Waals surface area contributed by atoms with Gasteiger partial charge in [-0.25, -0.2) is 4.79 Å². The first-order chi connectivity index (χ1) is 13.1. The summed E-state index contributed by atoms with van der Waals surface area (Å²) in [6.45, 7) is 11.8. The Bertz CT molecular complexity index is 942. The predicted octanol–water partition coefficient (Wildman–Crippen LogP) is 4.42. The summed E-state index contributed by atoms with van der Waals surface area (Å²) >= 11 is 0. The SMILES string of the molecule is CCCC[n+]1c(C)cc(NC(C)(C)C(=O)/C(C)=C(/C)C(=O)O)c2ccccc21. The van der Waals surface area contributed by atoms with E-state index in [4.69, 9.17) is 0 Å². The van der Waals surface area contributed by atoms with E-state index in [1.165, 1.54) is 6.92 Å². The third-order valence-corrected chi connectivity index (χ3v) is 5.24. The standard InChI is InChI=1S/C23H30N2O3/c1-7-8-13-25-15(2)14-19(18-11-9-10-12-20(18)25)24-23(5,6)21(26)16(3)17(4)22(27)28/h9-12,14H,7-8,13H2,1-6H3,(H,27,28)/p+1/b17-16-. The summed E-state index contributed by atoms with van der Waals surface area (Å²) in [7, 11) is 0. The molecule has 5 heteroatoms. The van der Waals surface area contributed by atoms with Gasteiger partial charge in [0.15, 0.2) is 11.5 Å². The lowest BCUT2D eigenvalue weighted by Crippen LogP contribution is -2.42. The normalized spacial score (nSPS) is 12.6. The number of nitrogens with one attached hydrogen (secondary N) is 1. The number of benzene rings is 1. The van der Waals surface area contributed by atoms with Crippen LogP contribution in [-0.2, 0) is 16.1 Å². The maximum absolute atomic E-state index is 13.0. The van der Waals surface area contributed by atoms with Gasteiger partial charge in [-0.05, 0) is 33.8 Å². The van der Waals surface area contributed by atoms with Crippen molar-refractivity contribution in [2.45, 2.75) is 66.5 Å². The quantitative estimate of drug-likeness (QED) is 0.523. The number of aryl methyl sites for hydroxylation is 2. The predicted molar refractivity (Wildman–Crippen MR) is 113 cm³/mol. The van der Waals surface area contributed by atoms with E-state index in [1.54, 1.807) is 20.8 Å². The van der Waals surface area contributed by atoms with Crippen LogP contribution in [-0.4, -0.2) is 22.4 Å². The van der Waals surface area contributed by atoms with Gasteiger partial charge in [-0.2, -0.15) is 4.57 Å². The molecule has 0 saturated carbocycles. The van der Waals surface area contributed by atoms with E-state index in [-0.39, 0.29) is 16.9 Å². The molecule has 1 heterocycles. The van der Waals surface area contributed by atoms with Crippen LogP contribution < -0.4 is 9.88 Å². The average molecular weight is 384 g/mol. The molecule has 0 saturated heterocycles. The highest BCUT2D eigenvalue weighted by molar-refractivity contribution is 6.09. The van der Waals surface area contributed by atoms with E-state index < -0.39 is 11.5 Å². The van der Waals surface area contributed by atoms with Crippen LogP contribution in [0.3, 0.4) is 0 Å². The molecule has 150 valence electrons. The first-order valence-corrected chi connectivity index (χ1v) is 9.76. The molecule has 0 radical (unpaired) electrons. The van der Waals surface area contributed by atoms with Crippen LogP contribution in [0.1, 0.15) is 53.2 Å². The molecule has 0 bridgehead atoms. The number of pyridine rings is 1. The van der Waals surface area contributed by atoms with Crippen molar-refractivity contribution in [3.05, 3.63) is 47.2 Å². The number of carbonyl (C=O) groups excluding carboxylic acids is 1. The molecule has 2 aromatic rings. The maximum atomic E-state index is 13.0. The van der Waals surface area contributed by atoms with Crippen molar-refractivity contribution in [1.29, 1.82) is 0 Å². The molecule has 0 aliphatic heterocycles. The Labute approximate surface area is 167 Å². The van der Waals surface area contributed by atoms with Crippen molar-refractivity contribution in [3.63, 3.8) is 0 Å². The van der Waals surface area contributed by atoms with E-state index >= 15 is 0 Å². The minimum absolute atomic E-state index is 0.0754. The van der Waals surface area contributed by atoms with E-state index in [2.05, 4.69) is 35.9 Å². The van der Waals surface area contributed by atoms with Crippen LogP contribution in [0.4, 0.5) is 5.69 Å². The molecule has 1 aromatic carbocycles. The average Bonchev–Trinajstić information content (AvgIpc) is 2.65. The molecule has 1 aromatic heterocycles. The van der Waals surface area contributed by atoms with Gasteiger partial charge in [0.25, 0.3) is 0 Å². The summed E-state index contributed by atoms with van der Waals surface area (Å²) in [6.07, 6.45) is 2.22. The number of para-hydroxylation sites is 1. The van der Waals surface area contributed by atoms with Crippen LogP contribution in [0, 0.1) is 6.92 Å². The van der Waals surface area contributed by atoms with Gasteiger partial charge < -0.3 is 10.4 Å². The Morgan fingerprint density at radius 2 is 1.79 bits per heavy atom. The number of fused-ring (bicyclic) bond motifs is 1. The highest BCUT2D eigenvalue weighted by Gasteiger charge is 2.31. The molecule has 0 aliphatic carbocycles. The maximum Gasteiger partial charge on any atom is 0.331 e. The fraction of sp³-hybridized carbons (Fsp3) is 0.435. The number of hydrogen-bond acceptors (Lipinski definition) is 3. The molecular weight excluding hydrogens is 352 g/mol. The first-order valence-electron chi connectivity index (χ1n) is 9.76. The van der Waals surface area contributed by atoms with Crippen molar-refractivity contribution in [3.8, 4) is 0 Å². The van der Waals surface area contributed by atoms with E-state index in [0.29, 0.717) is 0 Å². The van der Waals surface area contributed by atoms with Crippen LogP contribution >= 0.6 is 0 Å². The lowest BCUT2D eigenvalue weighted by Gasteiger charge is -2.27. The Morgan fingerprint density at radius 3 is 2.39 bits per heavy atom. The summed E-state index contributed by atoms with van der Waals surface area (Å²) in [5.74, 6) is -1.29. The highest BCUT2D eigenvalue weighted by atomic mass is 16.4. The zero-order valence-electron chi connectivity index (χ0n) is 17.7. The Kier molecular flexibility index (Phi) is 6.60. The number of hydrogen-bond donors (Lipinski definition) is 2. The largest absolute Gasteiger partial charge is 0.478 e. The third kappa shape index (κ3) is 4.41. The first kappa shape index (κ1) is 21.6. The van der Waals surface area contributed by atoms with E-state index in [0.717, 1.165) is 41.7 Å². The van der Waals surface area contributed by atoms with Crippen molar-refractivity contribution >= 4 is 28.3 Å². The zero-order chi connectivity index (χ0) is 21.1. The molecule has 0 fully saturated rings. The number of rotatable bonds is 8. The molecular formula is C23H31N2O3+. The molecule has 0 aliphatic rings. The Morgan fingerprint density at radius 1 is 1.14 bits per heavy atom. The second kappa shape index (κ2) is 8.55. The minimum Gasteiger partial charge on any atom is -0.478 e. The molecule has 28 heavy (non-hydrogen) atoms. The fourth-order valence-corrected chi connectivity index (χ4v) is 3.40. The summed E-state index contributed by atoms with van der Waals surface area (Å²) in [5.41, 5.74) is 2.51. The number of carbonyl (C=O) groups is 2. The summed E-state index contributed by atoms with van der Waals surface area (Å²) in [6, 6.07) is 10.2. The molecule has 2 N–H and O–H groups in total. The van der Waals surface area contributed by atoms with E-state index in [9.17, 15) is 14.7 Å². The smallest absolute Gasteiger partial charge is 0.331 e. The molecule has 0 atom stereocenters. The van der Waals surface area contributed by atoms with Gasteiger partial charge in [0, 0.05) is 36.6 Å². The lowest BCUT2D eigenvalue weighted by atomic mass is 9.90. The lowest BCUT2D eigenvalue weighted by molar-refractivity contribution is -0.677. The summed E-state index contributed by atoms with van der Waals surface area (Å²) in [4.78, 5) is 24.2. The van der Waals surface area contributed by atoms with Crippen molar-refractivity contribution in [1.82, 2.24) is 0 Å². The van der Waals surface area contributed by atoms with Crippen molar-refractivity contribution in [2.75, 3.05) is 5.32 Å². The van der Waals surface area contributed by atoms with Gasteiger partial charge in [0.1, 0.15) is 6.54 Å². The summed E-state index contributed by atoms with van der Waals surface area (Å²) in [5, 5.41) is 13.6. The monoisotopic (exact) mass is 383 g/mol. The van der Waals surface area contributed by atoms with Gasteiger partial charge in [-0.3, -0.25) is 4.79 Å². The van der Waals surface area contributed by atoms with Gasteiger partial charge in [-0.15, -0.1) is 0 Å². The number of Topliss-reactive ketones (excluding diaryl/α,β-unsaturated/α-hetero) is 1. The number of nitrogens with zero attached hydrogens (tertiary/aromatic N) is 1. The number of aliphatic carboxylic acids is 1. The second-order valence-electron chi connectivity index (χ2n) is 7.86. The van der Waals surface area contributed by atoms with Gasteiger partial charge in [-0.1, -0.05) is 25.5 Å². The van der Waals surface area contributed by atoms with Crippen LogP contribution in [0.15, 0.2) is 41.5 Å². The molecule has 5 nitrogen and oxygen atoms in total. The van der Waals surface area contributed by atoms with E-state index in [1.807, 2.05) is 18.2 Å². The fourth-order valence-electron chi connectivity index (χ4n) is 3.40. The van der Waals surface area contributed by atoms with Crippen LogP contribution in [0.25, 0.3) is 10.9 Å². The Hall–Kier alpha value is -2.69. The number of ketones is 1. The number of anilines is 1. The van der Waals surface area contributed by atoms with Crippen molar-refractivity contribution in [2.24, 2.45) is 0 Å².